The summed E-state index contributed by atoms with van der Waals surface area (Å²) >= 11 is 0. The summed E-state index contributed by atoms with van der Waals surface area (Å²) < 4.78 is 18.6. The van der Waals surface area contributed by atoms with Crippen LogP contribution in [0.15, 0.2) is 91.0 Å². The second-order valence-electron chi connectivity index (χ2n) is 9.30. The standard InChI is InChI=1S/C30H35NO5/c1-22(32)17-26-29(35-19-24-13-7-3-8-14-24)30(36-20-25-15-9-4-10-16-25)28(33)27(31-26)21-34-18-23-11-5-2-6-12-23/h2-16,26-31,33H,17-21H2,1H3/t26-,27-,28+,29+,30+/m1/s1. The van der Waals surface area contributed by atoms with Gasteiger partial charge in [0.25, 0.3) is 0 Å². The summed E-state index contributed by atoms with van der Waals surface area (Å²) in [4.78, 5) is 12.2. The molecule has 4 rings (SSSR count). The van der Waals surface area contributed by atoms with E-state index in [0.717, 1.165) is 16.7 Å². The third-order valence-electron chi connectivity index (χ3n) is 6.38. The Morgan fingerprint density at radius 1 is 0.722 bits per heavy atom. The fourth-order valence-electron chi connectivity index (χ4n) is 4.57. The van der Waals surface area contributed by atoms with Crippen molar-refractivity contribution in [2.75, 3.05) is 6.61 Å². The maximum absolute atomic E-state index is 12.2. The van der Waals surface area contributed by atoms with Crippen molar-refractivity contribution in [2.24, 2.45) is 0 Å². The van der Waals surface area contributed by atoms with Gasteiger partial charge >= 0.3 is 0 Å². The number of aliphatic hydroxyl groups excluding tert-OH is 1. The van der Waals surface area contributed by atoms with Crippen LogP contribution in [0.25, 0.3) is 0 Å². The highest BCUT2D eigenvalue weighted by Crippen LogP contribution is 2.26. The van der Waals surface area contributed by atoms with E-state index in [2.05, 4.69) is 5.32 Å². The summed E-state index contributed by atoms with van der Waals surface area (Å²) in [6.07, 6.45) is -1.76. The van der Waals surface area contributed by atoms with Gasteiger partial charge in [-0.1, -0.05) is 91.0 Å². The van der Waals surface area contributed by atoms with Crippen molar-refractivity contribution in [3.05, 3.63) is 108 Å². The normalized spacial score (nSPS) is 23.9. The first-order valence-electron chi connectivity index (χ1n) is 12.5. The molecule has 0 bridgehead atoms. The van der Waals surface area contributed by atoms with Crippen LogP contribution in [0, 0.1) is 0 Å². The quantitative estimate of drug-likeness (QED) is 0.400. The molecule has 3 aromatic carbocycles. The zero-order chi connectivity index (χ0) is 25.2. The molecule has 190 valence electrons. The summed E-state index contributed by atoms with van der Waals surface area (Å²) in [7, 11) is 0. The van der Waals surface area contributed by atoms with Gasteiger partial charge < -0.3 is 24.6 Å². The molecule has 0 aliphatic carbocycles. The molecule has 3 aromatic rings. The number of hydrogen-bond acceptors (Lipinski definition) is 6. The first kappa shape index (κ1) is 26.2. The minimum atomic E-state index is -0.881. The maximum Gasteiger partial charge on any atom is 0.131 e. The highest BCUT2D eigenvalue weighted by molar-refractivity contribution is 5.76. The molecule has 1 heterocycles. The number of nitrogens with one attached hydrogen (secondary N) is 1. The van der Waals surface area contributed by atoms with Crippen molar-refractivity contribution in [3.8, 4) is 0 Å². The van der Waals surface area contributed by atoms with Crippen molar-refractivity contribution in [1.82, 2.24) is 5.32 Å². The molecule has 1 fully saturated rings. The average molecular weight is 490 g/mol. The molecule has 1 saturated heterocycles. The molecule has 1 aliphatic rings. The third-order valence-corrected chi connectivity index (χ3v) is 6.38. The monoisotopic (exact) mass is 489 g/mol. The molecule has 36 heavy (non-hydrogen) atoms. The second-order valence-corrected chi connectivity index (χ2v) is 9.30. The first-order chi connectivity index (χ1) is 17.6. The highest BCUT2D eigenvalue weighted by Gasteiger charge is 2.45. The van der Waals surface area contributed by atoms with Gasteiger partial charge in [0.2, 0.25) is 0 Å². The fraction of sp³-hybridized carbons (Fsp3) is 0.367. The van der Waals surface area contributed by atoms with E-state index in [0.29, 0.717) is 19.8 Å². The Bertz CT molecular complexity index is 1050. The molecular formula is C30H35NO5. The number of ketones is 1. The predicted molar refractivity (Wildman–Crippen MR) is 138 cm³/mol. The smallest absolute Gasteiger partial charge is 0.131 e. The van der Waals surface area contributed by atoms with Gasteiger partial charge in [0.1, 0.15) is 24.1 Å². The summed E-state index contributed by atoms with van der Waals surface area (Å²) in [5, 5.41) is 14.8. The van der Waals surface area contributed by atoms with Crippen LogP contribution in [0.1, 0.15) is 30.0 Å². The number of carbonyl (C=O) groups is 1. The molecule has 0 unspecified atom stereocenters. The molecule has 0 saturated carbocycles. The molecule has 5 atom stereocenters. The van der Waals surface area contributed by atoms with Crippen LogP contribution in [0.5, 0.6) is 0 Å². The lowest BCUT2D eigenvalue weighted by atomic mass is 9.87. The Balaban J connectivity index is 1.50. The van der Waals surface area contributed by atoms with E-state index in [9.17, 15) is 9.90 Å². The van der Waals surface area contributed by atoms with E-state index in [1.807, 2.05) is 91.0 Å². The lowest BCUT2D eigenvalue weighted by molar-refractivity contribution is -0.178. The molecule has 1 aliphatic heterocycles. The molecule has 6 nitrogen and oxygen atoms in total. The molecule has 0 radical (unpaired) electrons. The van der Waals surface area contributed by atoms with Crippen LogP contribution in [0.4, 0.5) is 0 Å². The van der Waals surface area contributed by atoms with Crippen LogP contribution >= 0.6 is 0 Å². The summed E-state index contributed by atoms with van der Waals surface area (Å²) in [5.41, 5.74) is 3.08. The molecule has 0 aromatic heterocycles. The van der Waals surface area contributed by atoms with Gasteiger partial charge in [0.15, 0.2) is 0 Å². The van der Waals surface area contributed by atoms with Gasteiger partial charge in [0.05, 0.1) is 32.5 Å². The number of rotatable bonds is 12. The van der Waals surface area contributed by atoms with Crippen LogP contribution in [0.2, 0.25) is 0 Å². The van der Waals surface area contributed by atoms with E-state index in [-0.39, 0.29) is 24.9 Å². The number of ether oxygens (including phenoxy) is 3. The number of piperidine rings is 1. The minimum absolute atomic E-state index is 0.0444. The van der Waals surface area contributed by atoms with Gasteiger partial charge in [0, 0.05) is 12.5 Å². The molecule has 2 N–H and O–H groups in total. The van der Waals surface area contributed by atoms with E-state index in [1.54, 1.807) is 6.92 Å². The molecule has 0 amide bonds. The highest BCUT2D eigenvalue weighted by atomic mass is 16.6. The molecule has 6 heteroatoms. The van der Waals surface area contributed by atoms with Crippen molar-refractivity contribution < 1.29 is 24.1 Å². The minimum Gasteiger partial charge on any atom is -0.389 e. The number of Topliss-reactive ketones (excluding diaryl/α,β-unsaturated/α-hetero) is 1. The van der Waals surface area contributed by atoms with Crippen LogP contribution in [-0.4, -0.2) is 47.9 Å². The van der Waals surface area contributed by atoms with E-state index in [4.69, 9.17) is 14.2 Å². The average Bonchev–Trinajstić information content (AvgIpc) is 2.90. The Morgan fingerprint density at radius 2 is 1.19 bits per heavy atom. The summed E-state index contributed by atoms with van der Waals surface area (Å²) in [6, 6.07) is 28.9. The van der Waals surface area contributed by atoms with Crippen molar-refractivity contribution >= 4 is 5.78 Å². The Labute approximate surface area is 213 Å². The van der Waals surface area contributed by atoms with Gasteiger partial charge in [-0.15, -0.1) is 0 Å². The number of carbonyl (C=O) groups excluding carboxylic acids is 1. The summed E-state index contributed by atoms with van der Waals surface area (Å²) in [5.74, 6) is 0.0444. The number of aliphatic hydroxyl groups is 1. The van der Waals surface area contributed by atoms with Crippen LogP contribution in [-0.2, 0) is 38.8 Å². The second kappa shape index (κ2) is 13.4. The van der Waals surface area contributed by atoms with Crippen LogP contribution < -0.4 is 5.32 Å². The fourth-order valence-corrected chi connectivity index (χ4v) is 4.57. The van der Waals surface area contributed by atoms with Crippen molar-refractivity contribution in [1.29, 1.82) is 0 Å². The largest absolute Gasteiger partial charge is 0.389 e. The zero-order valence-electron chi connectivity index (χ0n) is 20.7. The lowest BCUT2D eigenvalue weighted by Crippen LogP contribution is -2.67. The Kier molecular flexibility index (Phi) is 9.78. The zero-order valence-corrected chi connectivity index (χ0v) is 20.7. The van der Waals surface area contributed by atoms with Gasteiger partial charge in [-0.3, -0.25) is 4.79 Å². The SMILES string of the molecule is CC(=O)C[C@H]1N[C@H](COCc2ccccc2)[C@H](O)[C@H](OCc2ccccc2)[C@H]1OCc1ccccc1. The third kappa shape index (κ3) is 7.56. The first-order valence-corrected chi connectivity index (χ1v) is 12.5. The van der Waals surface area contributed by atoms with E-state index >= 15 is 0 Å². The number of benzene rings is 3. The van der Waals surface area contributed by atoms with Crippen LogP contribution in [0.3, 0.4) is 0 Å². The van der Waals surface area contributed by atoms with Gasteiger partial charge in [-0.05, 0) is 23.6 Å². The lowest BCUT2D eigenvalue weighted by Gasteiger charge is -2.45. The number of hydrogen-bond donors (Lipinski definition) is 2. The van der Waals surface area contributed by atoms with Crippen molar-refractivity contribution in [3.63, 3.8) is 0 Å². The van der Waals surface area contributed by atoms with E-state index in [1.165, 1.54) is 0 Å². The molecule has 0 spiro atoms. The van der Waals surface area contributed by atoms with E-state index < -0.39 is 24.4 Å². The summed E-state index contributed by atoms with van der Waals surface area (Å²) in [6.45, 7) is 2.97. The van der Waals surface area contributed by atoms with Gasteiger partial charge in [-0.25, -0.2) is 0 Å². The molecular weight excluding hydrogens is 454 g/mol. The Morgan fingerprint density at radius 3 is 1.69 bits per heavy atom. The topological polar surface area (TPSA) is 77.0 Å². The van der Waals surface area contributed by atoms with Gasteiger partial charge in [-0.2, -0.15) is 0 Å². The predicted octanol–water partition coefficient (Wildman–Crippen LogP) is 4.05. The maximum atomic E-state index is 12.2. The van der Waals surface area contributed by atoms with Crippen molar-refractivity contribution in [2.45, 2.75) is 63.6 Å². The Hall–Kier alpha value is -2.87.